The molecule has 5 rings (SSSR count). The molecular weight excluding hydrogens is 514 g/mol. The molecule has 8 heteroatoms. The summed E-state index contributed by atoms with van der Waals surface area (Å²) in [7, 11) is 1.71. The number of nitrogens with zero attached hydrogens (tertiary/aromatic N) is 3. The standard InChI is InChI=1S/C33H45N5O3/c1-31(2,30(41)35-21-32(3)15-7-16-32)23-10-12-24(13-11-23)37-28(39)25(20-34-29(40)26-14-19-36-38(26)5)27(22-8-6-9-22)33(4)17-18-33/h10-14,19-20,22,25,27H,6-9,15-18,21H2,1-5H3,(H,35,41)(H,37,39). The molecule has 2 unspecified atom stereocenters. The van der Waals surface area contributed by atoms with E-state index in [4.69, 9.17) is 0 Å². The number of nitrogens with one attached hydrogen (secondary N) is 2. The molecule has 0 spiro atoms. The quantitative estimate of drug-likeness (QED) is 0.345. The van der Waals surface area contributed by atoms with Gasteiger partial charge in [-0.25, -0.2) is 4.99 Å². The minimum Gasteiger partial charge on any atom is -0.355 e. The van der Waals surface area contributed by atoms with Gasteiger partial charge in [0, 0.05) is 31.7 Å². The van der Waals surface area contributed by atoms with Gasteiger partial charge in [-0.3, -0.25) is 19.1 Å². The van der Waals surface area contributed by atoms with Crippen molar-refractivity contribution in [3.63, 3.8) is 0 Å². The van der Waals surface area contributed by atoms with Crippen LogP contribution in [0.15, 0.2) is 41.5 Å². The van der Waals surface area contributed by atoms with Gasteiger partial charge in [-0.15, -0.1) is 0 Å². The third-order valence-corrected chi connectivity index (χ3v) is 10.3. The molecule has 0 bridgehead atoms. The highest BCUT2D eigenvalue weighted by Gasteiger charge is 2.53. The van der Waals surface area contributed by atoms with Crippen molar-refractivity contribution in [3.05, 3.63) is 47.8 Å². The molecule has 3 saturated carbocycles. The fourth-order valence-corrected chi connectivity index (χ4v) is 6.55. The van der Waals surface area contributed by atoms with Crippen molar-refractivity contribution in [3.8, 4) is 0 Å². The van der Waals surface area contributed by atoms with Crippen LogP contribution in [0.3, 0.4) is 0 Å². The van der Waals surface area contributed by atoms with E-state index < -0.39 is 17.2 Å². The van der Waals surface area contributed by atoms with Gasteiger partial charge in [0.2, 0.25) is 11.8 Å². The Kier molecular flexibility index (Phi) is 7.96. The molecule has 0 aliphatic heterocycles. The zero-order valence-corrected chi connectivity index (χ0v) is 25.2. The van der Waals surface area contributed by atoms with Crippen LogP contribution in [0.1, 0.15) is 95.1 Å². The highest BCUT2D eigenvalue weighted by Crippen LogP contribution is 2.59. The number of aliphatic imine (C=N–C) groups is 1. The van der Waals surface area contributed by atoms with Gasteiger partial charge < -0.3 is 10.6 Å². The van der Waals surface area contributed by atoms with Crippen molar-refractivity contribution in [2.75, 3.05) is 11.9 Å². The van der Waals surface area contributed by atoms with Crippen molar-refractivity contribution >= 4 is 29.6 Å². The van der Waals surface area contributed by atoms with Crippen molar-refractivity contribution in [2.45, 2.75) is 84.5 Å². The summed E-state index contributed by atoms with van der Waals surface area (Å²) in [5, 5.41) is 10.3. The number of amides is 3. The molecule has 3 amide bonds. The highest BCUT2D eigenvalue weighted by atomic mass is 16.2. The fraction of sp³-hybridized carbons (Fsp3) is 0.606. The average molecular weight is 560 g/mol. The second-order valence-electron chi connectivity index (χ2n) is 13.9. The lowest BCUT2D eigenvalue weighted by Gasteiger charge is -2.41. The summed E-state index contributed by atoms with van der Waals surface area (Å²) in [6.45, 7) is 9.07. The Morgan fingerprint density at radius 3 is 2.27 bits per heavy atom. The van der Waals surface area contributed by atoms with Crippen molar-refractivity contribution in [1.82, 2.24) is 15.1 Å². The molecule has 0 saturated heterocycles. The summed E-state index contributed by atoms with van der Waals surface area (Å²) in [6.07, 6.45) is 12.3. The Hall–Kier alpha value is -3.29. The zero-order chi connectivity index (χ0) is 29.4. The van der Waals surface area contributed by atoms with E-state index in [0.717, 1.165) is 44.1 Å². The Morgan fingerprint density at radius 1 is 1.07 bits per heavy atom. The molecule has 1 aromatic heterocycles. The monoisotopic (exact) mass is 559 g/mol. The van der Waals surface area contributed by atoms with Gasteiger partial charge in [0.25, 0.3) is 5.91 Å². The predicted molar refractivity (Wildman–Crippen MR) is 161 cm³/mol. The number of carbonyl (C=O) groups excluding carboxylic acids is 3. The first-order chi connectivity index (χ1) is 19.4. The second-order valence-corrected chi connectivity index (χ2v) is 13.9. The van der Waals surface area contributed by atoms with Crippen LogP contribution in [-0.4, -0.2) is 40.3 Å². The Morgan fingerprint density at radius 2 is 1.76 bits per heavy atom. The maximum Gasteiger partial charge on any atom is 0.294 e. The Bertz CT molecular complexity index is 1310. The summed E-state index contributed by atoms with van der Waals surface area (Å²) in [5.74, 6) is -0.445. The molecule has 2 aromatic rings. The largest absolute Gasteiger partial charge is 0.355 e. The summed E-state index contributed by atoms with van der Waals surface area (Å²) >= 11 is 0. The van der Waals surface area contributed by atoms with E-state index in [1.807, 2.05) is 38.1 Å². The molecule has 2 atom stereocenters. The van der Waals surface area contributed by atoms with Gasteiger partial charge in [-0.2, -0.15) is 5.10 Å². The molecule has 3 aliphatic carbocycles. The van der Waals surface area contributed by atoms with Gasteiger partial charge >= 0.3 is 0 Å². The van der Waals surface area contributed by atoms with E-state index in [1.54, 1.807) is 25.5 Å². The lowest BCUT2D eigenvalue weighted by molar-refractivity contribution is -0.126. The normalized spacial score (nSPS) is 20.9. The van der Waals surface area contributed by atoms with Crippen LogP contribution in [0.25, 0.3) is 0 Å². The van der Waals surface area contributed by atoms with E-state index in [-0.39, 0.29) is 28.6 Å². The molecule has 41 heavy (non-hydrogen) atoms. The topological polar surface area (TPSA) is 105 Å². The molecule has 1 aromatic carbocycles. The summed E-state index contributed by atoms with van der Waals surface area (Å²) in [6, 6.07) is 9.20. The maximum absolute atomic E-state index is 13.8. The molecule has 3 aliphatic rings. The Balaban J connectivity index is 1.31. The first-order valence-corrected chi connectivity index (χ1v) is 15.2. The molecule has 8 nitrogen and oxygen atoms in total. The third-order valence-electron chi connectivity index (χ3n) is 10.3. The number of anilines is 1. The summed E-state index contributed by atoms with van der Waals surface area (Å²) in [5.41, 5.74) is 1.57. The van der Waals surface area contributed by atoms with E-state index >= 15 is 0 Å². The van der Waals surface area contributed by atoms with Crippen LogP contribution in [0.4, 0.5) is 5.69 Å². The summed E-state index contributed by atoms with van der Waals surface area (Å²) < 4.78 is 1.50. The molecular formula is C33H45N5O3. The SMILES string of the molecule is Cn1nccc1C(=O)N=CC(C(=O)Nc1ccc(C(C)(C)C(=O)NCC2(C)CCC2)cc1)C(C1CCC1)C1(C)CC1. The third kappa shape index (κ3) is 6.16. The lowest BCUT2D eigenvalue weighted by atomic mass is 9.64. The minimum atomic E-state index is -0.695. The molecule has 0 radical (unpaired) electrons. The number of hydrogen-bond donors (Lipinski definition) is 2. The zero-order valence-electron chi connectivity index (χ0n) is 25.2. The lowest BCUT2D eigenvalue weighted by Crippen LogP contribution is -2.46. The Labute approximate surface area is 243 Å². The maximum atomic E-state index is 13.8. The number of carbonyl (C=O) groups is 3. The molecule has 1 heterocycles. The van der Waals surface area contributed by atoms with Gasteiger partial charge in [0.05, 0.1) is 11.3 Å². The van der Waals surface area contributed by atoms with E-state index in [2.05, 4.69) is 34.6 Å². The van der Waals surface area contributed by atoms with Crippen LogP contribution in [0.5, 0.6) is 0 Å². The molecule has 2 N–H and O–H groups in total. The van der Waals surface area contributed by atoms with Crippen LogP contribution in [-0.2, 0) is 22.1 Å². The van der Waals surface area contributed by atoms with Crippen LogP contribution in [0.2, 0.25) is 0 Å². The minimum absolute atomic E-state index is 0.0118. The fourth-order valence-electron chi connectivity index (χ4n) is 6.55. The van der Waals surface area contributed by atoms with Crippen LogP contribution in [0, 0.1) is 28.6 Å². The summed E-state index contributed by atoms with van der Waals surface area (Å²) in [4.78, 5) is 44.0. The number of aryl methyl sites for hydroxylation is 1. The first kappa shape index (κ1) is 29.2. The van der Waals surface area contributed by atoms with Gasteiger partial charge in [0.15, 0.2) is 0 Å². The molecule has 220 valence electrons. The highest BCUT2D eigenvalue weighted by molar-refractivity contribution is 6.06. The number of rotatable bonds is 11. The van der Waals surface area contributed by atoms with Crippen molar-refractivity contribution < 1.29 is 14.4 Å². The van der Waals surface area contributed by atoms with E-state index in [0.29, 0.717) is 23.8 Å². The van der Waals surface area contributed by atoms with E-state index in [1.165, 1.54) is 17.5 Å². The van der Waals surface area contributed by atoms with Crippen LogP contribution >= 0.6 is 0 Å². The average Bonchev–Trinajstić information content (AvgIpc) is 3.49. The van der Waals surface area contributed by atoms with Gasteiger partial charge in [0.1, 0.15) is 5.69 Å². The van der Waals surface area contributed by atoms with Gasteiger partial charge in [-0.05, 0) is 86.0 Å². The first-order valence-electron chi connectivity index (χ1n) is 15.2. The smallest absolute Gasteiger partial charge is 0.294 e. The predicted octanol–water partition coefficient (Wildman–Crippen LogP) is 5.69. The van der Waals surface area contributed by atoms with E-state index in [9.17, 15) is 14.4 Å². The number of hydrogen-bond acceptors (Lipinski definition) is 4. The van der Waals surface area contributed by atoms with Crippen molar-refractivity contribution in [1.29, 1.82) is 0 Å². The number of benzene rings is 1. The number of aromatic nitrogens is 2. The van der Waals surface area contributed by atoms with Crippen LogP contribution < -0.4 is 10.6 Å². The van der Waals surface area contributed by atoms with Crippen molar-refractivity contribution in [2.24, 2.45) is 40.6 Å². The molecule has 3 fully saturated rings. The van der Waals surface area contributed by atoms with Gasteiger partial charge in [-0.1, -0.05) is 51.7 Å². The second kappa shape index (κ2) is 11.2.